The highest BCUT2D eigenvalue weighted by Crippen LogP contribution is 2.28. The van der Waals surface area contributed by atoms with Crippen molar-refractivity contribution in [2.45, 2.75) is 95.0 Å². The average Bonchev–Trinajstić information content (AvgIpc) is 3.44. The number of fused-ring (bicyclic) bond motifs is 1. The third kappa shape index (κ3) is 10.4. The quantitative estimate of drug-likeness (QED) is 0.0875. The summed E-state index contributed by atoms with van der Waals surface area (Å²) < 4.78 is 39.2. The molecule has 0 amide bonds. The fourth-order valence-electron chi connectivity index (χ4n) is 5.58. The van der Waals surface area contributed by atoms with Crippen molar-refractivity contribution in [2.75, 3.05) is 13.7 Å². The Kier molecular flexibility index (Phi) is 14.1. The number of aromatic nitrogens is 1. The van der Waals surface area contributed by atoms with Gasteiger partial charge in [-0.1, -0.05) is 125 Å². The summed E-state index contributed by atoms with van der Waals surface area (Å²) >= 11 is 0. The molecule has 0 N–H and O–H groups in total. The molecule has 3 aromatic carbocycles. The maximum Gasteiger partial charge on any atom is 0.268 e. The number of methoxy groups -OCH3 is 1. The van der Waals surface area contributed by atoms with Gasteiger partial charge in [-0.2, -0.15) is 0 Å². The minimum absolute atomic E-state index is 0.242. The lowest BCUT2D eigenvalue weighted by Gasteiger charge is -2.08. The molecule has 0 spiro atoms. The van der Waals surface area contributed by atoms with Crippen molar-refractivity contribution in [3.63, 3.8) is 0 Å². The second-order valence-corrected chi connectivity index (χ2v) is 13.4. The summed E-state index contributed by atoms with van der Waals surface area (Å²) in [7, 11) is -2.15. The lowest BCUT2D eigenvalue weighted by atomic mass is 10.0. The molecule has 0 fully saturated rings. The largest absolute Gasteiger partial charge is 0.497 e. The van der Waals surface area contributed by atoms with Gasteiger partial charge in [0.15, 0.2) is 0 Å². The van der Waals surface area contributed by atoms with Gasteiger partial charge >= 0.3 is 0 Å². The molecule has 0 radical (unpaired) electrons. The third-order valence-electron chi connectivity index (χ3n) is 8.14. The molecule has 4 rings (SSSR count). The summed E-state index contributed by atoms with van der Waals surface area (Å²) in [4.78, 5) is 0.242. The first-order valence-electron chi connectivity index (χ1n) is 16.4. The summed E-state index contributed by atoms with van der Waals surface area (Å²) in [5, 5.41) is 0.939. The average molecular weight is 616 g/mol. The van der Waals surface area contributed by atoms with Crippen LogP contribution in [0.4, 0.5) is 0 Å². The van der Waals surface area contributed by atoms with Crippen LogP contribution in [-0.2, 0) is 21.4 Å². The fourth-order valence-corrected chi connectivity index (χ4v) is 6.95. The highest BCUT2D eigenvalue weighted by molar-refractivity contribution is 7.90. The maximum atomic E-state index is 13.4. The number of para-hydroxylation sites is 1. The molecule has 0 saturated carbocycles. The number of hydrogen-bond donors (Lipinski definition) is 0. The van der Waals surface area contributed by atoms with E-state index in [2.05, 4.69) is 36.4 Å². The van der Waals surface area contributed by atoms with E-state index >= 15 is 0 Å². The lowest BCUT2D eigenvalue weighted by Crippen LogP contribution is -2.11. The van der Waals surface area contributed by atoms with Crippen LogP contribution < -0.4 is 4.74 Å². The molecule has 0 unspecified atom stereocenters. The van der Waals surface area contributed by atoms with Crippen molar-refractivity contribution in [3.05, 3.63) is 102 Å². The van der Waals surface area contributed by atoms with Crippen LogP contribution in [0.3, 0.4) is 0 Å². The van der Waals surface area contributed by atoms with Crippen molar-refractivity contribution in [2.24, 2.45) is 0 Å². The zero-order chi connectivity index (χ0) is 30.9. The SMILES string of the molecule is COc1ccc(S(=O)(=O)n2cc(/C=C/CCCCCCCCCCCCCCOCc3ccccc3)c3ccccc32)cc1. The Bertz CT molecular complexity index is 1510. The second kappa shape index (κ2) is 18.5. The normalized spacial score (nSPS) is 11.9. The van der Waals surface area contributed by atoms with Crippen molar-refractivity contribution in [3.8, 4) is 5.75 Å². The molecule has 0 bridgehead atoms. The molecule has 0 saturated heterocycles. The molecule has 6 heteroatoms. The van der Waals surface area contributed by atoms with Gasteiger partial charge in [0.05, 0.1) is 24.1 Å². The Hall–Kier alpha value is -3.35. The van der Waals surface area contributed by atoms with E-state index in [0.29, 0.717) is 11.3 Å². The highest BCUT2D eigenvalue weighted by atomic mass is 32.2. The minimum atomic E-state index is -3.72. The lowest BCUT2D eigenvalue weighted by molar-refractivity contribution is 0.116. The third-order valence-corrected chi connectivity index (χ3v) is 9.83. The van der Waals surface area contributed by atoms with E-state index in [1.54, 1.807) is 37.6 Å². The molecule has 1 heterocycles. The van der Waals surface area contributed by atoms with Crippen LogP contribution in [0.2, 0.25) is 0 Å². The molecule has 44 heavy (non-hydrogen) atoms. The van der Waals surface area contributed by atoms with Crippen molar-refractivity contribution in [1.82, 2.24) is 3.97 Å². The van der Waals surface area contributed by atoms with Crippen molar-refractivity contribution >= 4 is 27.0 Å². The highest BCUT2D eigenvalue weighted by Gasteiger charge is 2.20. The Morgan fingerprint density at radius 2 is 1.27 bits per heavy atom. The van der Waals surface area contributed by atoms with Gasteiger partial charge in [0.1, 0.15) is 5.75 Å². The van der Waals surface area contributed by atoms with Crippen LogP contribution in [0.25, 0.3) is 17.0 Å². The van der Waals surface area contributed by atoms with Gasteiger partial charge in [-0.3, -0.25) is 0 Å². The predicted octanol–water partition coefficient (Wildman–Crippen LogP) is 10.2. The smallest absolute Gasteiger partial charge is 0.268 e. The van der Waals surface area contributed by atoms with Gasteiger partial charge < -0.3 is 9.47 Å². The first-order valence-corrected chi connectivity index (χ1v) is 17.8. The van der Waals surface area contributed by atoms with Crippen molar-refractivity contribution in [1.29, 1.82) is 0 Å². The van der Waals surface area contributed by atoms with Crippen LogP contribution in [0.1, 0.15) is 94.6 Å². The molecule has 5 nitrogen and oxygen atoms in total. The van der Waals surface area contributed by atoms with Crippen LogP contribution in [0.5, 0.6) is 5.75 Å². The summed E-state index contributed by atoms with van der Waals surface area (Å²) in [6, 6.07) is 24.6. The van der Waals surface area contributed by atoms with Gasteiger partial charge in [-0.25, -0.2) is 12.4 Å². The number of ether oxygens (including phenoxy) is 2. The number of hydrogen-bond acceptors (Lipinski definition) is 4. The van der Waals surface area contributed by atoms with E-state index in [0.717, 1.165) is 43.4 Å². The summed E-state index contributed by atoms with van der Waals surface area (Å²) in [6.07, 6.45) is 22.5. The maximum absolute atomic E-state index is 13.4. The standard InChI is InChI=1S/C38H49NO4S/c1-42-35-26-28-36(29-27-35)44(40,41)39-31-34(37-24-18-19-25-38(37)39)23-17-12-10-8-6-4-2-3-5-7-9-11-13-20-30-43-32-33-21-15-14-16-22-33/h14-19,21-29,31H,2-13,20,30,32H2,1H3/b23-17+. The summed E-state index contributed by atoms with van der Waals surface area (Å²) in [5.74, 6) is 0.628. The Balaban J connectivity index is 1.05. The second-order valence-electron chi connectivity index (χ2n) is 11.5. The van der Waals surface area contributed by atoms with Crippen LogP contribution in [-0.4, -0.2) is 26.1 Å². The molecule has 236 valence electrons. The number of benzene rings is 3. The number of unbranched alkanes of at least 4 members (excludes halogenated alkanes) is 12. The monoisotopic (exact) mass is 615 g/mol. The first kappa shape index (κ1) is 33.5. The van der Waals surface area contributed by atoms with Gasteiger partial charge in [0.25, 0.3) is 10.0 Å². The zero-order valence-electron chi connectivity index (χ0n) is 26.3. The Morgan fingerprint density at radius 3 is 1.93 bits per heavy atom. The van der Waals surface area contributed by atoms with Crippen LogP contribution in [0, 0.1) is 0 Å². The van der Waals surface area contributed by atoms with Crippen molar-refractivity contribution < 1.29 is 17.9 Å². The molecule has 0 atom stereocenters. The molecular formula is C38H49NO4S. The number of rotatable bonds is 21. The van der Waals surface area contributed by atoms with E-state index in [4.69, 9.17) is 9.47 Å². The zero-order valence-corrected chi connectivity index (χ0v) is 27.1. The Labute approximate surface area is 265 Å². The van der Waals surface area contributed by atoms with Gasteiger partial charge in [0, 0.05) is 23.8 Å². The van der Waals surface area contributed by atoms with E-state index in [1.165, 1.54) is 73.7 Å². The first-order chi connectivity index (χ1) is 21.6. The van der Waals surface area contributed by atoms with Gasteiger partial charge in [0.2, 0.25) is 0 Å². The molecule has 0 aliphatic rings. The summed E-state index contributed by atoms with van der Waals surface area (Å²) in [6.45, 7) is 1.59. The molecule has 1 aromatic heterocycles. The number of nitrogens with zero attached hydrogens (tertiary/aromatic N) is 1. The van der Waals surface area contributed by atoms with E-state index in [9.17, 15) is 8.42 Å². The fraction of sp³-hybridized carbons (Fsp3) is 0.421. The van der Waals surface area contributed by atoms with E-state index in [-0.39, 0.29) is 4.90 Å². The van der Waals surface area contributed by atoms with Gasteiger partial charge in [-0.05, 0) is 55.2 Å². The Morgan fingerprint density at radius 1 is 0.682 bits per heavy atom. The van der Waals surface area contributed by atoms with E-state index < -0.39 is 10.0 Å². The van der Waals surface area contributed by atoms with Crippen LogP contribution >= 0.6 is 0 Å². The molecule has 0 aliphatic carbocycles. The molecular weight excluding hydrogens is 566 g/mol. The van der Waals surface area contributed by atoms with E-state index in [1.807, 2.05) is 30.3 Å². The topological polar surface area (TPSA) is 57.5 Å². The predicted molar refractivity (Wildman–Crippen MR) is 183 cm³/mol. The minimum Gasteiger partial charge on any atom is -0.497 e. The number of allylic oxidation sites excluding steroid dienone is 1. The summed E-state index contributed by atoms with van der Waals surface area (Å²) in [5.41, 5.74) is 2.87. The van der Waals surface area contributed by atoms with Gasteiger partial charge in [-0.15, -0.1) is 0 Å². The van der Waals surface area contributed by atoms with Crippen LogP contribution in [0.15, 0.2) is 96.0 Å². The molecule has 4 aromatic rings. The molecule has 0 aliphatic heterocycles.